The van der Waals surface area contributed by atoms with Crippen molar-refractivity contribution < 1.29 is 13.9 Å². The summed E-state index contributed by atoms with van der Waals surface area (Å²) < 4.78 is 18.8. The smallest absolute Gasteiger partial charge is 0.225 e. The zero-order valence-electron chi connectivity index (χ0n) is 13.2. The van der Waals surface area contributed by atoms with Crippen molar-refractivity contribution in [3.63, 3.8) is 0 Å². The molecular weight excluding hydrogens is 299 g/mol. The molecule has 3 fully saturated rings. The minimum atomic E-state index is -0.429. The Labute approximate surface area is 134 Å². The Balaban J connectivity index is 1.46. The Bertz CT molecular complexity index is 568. The van der Waals surface area contributed by atoms with Gasteiger partial charge in [-0.05, 0) is 25.7 Å². The van der Waals surface area contributed by atoms with Crippen LogP contribution in [-0.2, 0) is 9.53 Å². The van der Waals surface area contributed by atoms with Crippen LogP contribution >= 0.6 is 0 Å². The third-order valence-electron chi connectivity index (χ3n) is 5.34. The lowest BCUT2D eigenvalue weighted by Gasteiger charge is -2.26. The first kappa shape index (κ1) is 15.1. The molecule has 1 aromatic heterocycles. The molecule has 7 heteroatoms. The molecule has 6 nitrogen and oxygen atoms in total. The summed E-state index contributed by atoms with van der Waals surface area (Å²) in [6.45, 7) is 1.89. The molecule has 23 heavy (non-hydrogen) atoms. The zero-order valence-corrected chi connectivity index (χ0v) is 13.2. The quantitative estimate of drug-likeness (QED) is 0.914. The number of nitrogens with one attached hydrogen (secondary N) is 1. The molecule has 0 bridgehead atoms. The average molecular weight is 322 g/mol. The number of halogens is 1. The number of hydrogen-bond acceptors (Lipinski definition) is 4. The monoisotopic (exact) mass is 322 g/mol. The predicted octanol–water partition coefficient (Wildman–Crippen LogP) is 1.62. The molecule has 0 aromatic carbocycles. The summed E-state index contributed by atoms with van der Waals surface area (Å²) in [5, 5.41) is 7.26. The number of amides is 1. The van der Waals surface area contributed by atoms with Gasteiger partial charge in [0.05, 0.1) is 6.67 Å². The molecule has 2 saturated heterocycles. The van der Waals surface area contributed by atoms with E-state index in [1.54, 1.807) is 0 Å². The van der Waals surface area contributed by atoms with Crippen LogP contribution in [0.2, 0.25) is 0 Å². The molecule has 0 spiro atoms. The second-order valence-corrected chi connectivity index (χ2v) is 7.00. The minimum Gasteiger partial charge on any atom is -0.381 e. The molecule has 2 atom stereocenters. The van der Waals surface area contributed by atoms with Crippen molar-refractivity contribution >= 4 is 5.91 Å². The van der Waals surface area contributed by atoms with E-state index in [1.165, 1.54) is 0 Å². The van der Waals surface area contributed by atoms with E-state index < -0.39 is 6.67 Å². The predicted molar refractivity (Wildman–Crippen MR) is 80.7 cm³/mol. The Morgan fingerprint density at radius 1 is 1.26 bits per heavy atom. The van der Waals surface area contributed by atoms with Crippen molar-refractivity contribution in [1.82, 2.24) is 20.1 Å². The molecule has 1 aliphatic carbocycles. The third-order valence-corrected chi connectivity index (χ3v) is 5.34. The van der Waals surface area contributed by atoms with Crippen molar-refractivity contribution in [3.8, 4) is 0 Å². The number of ether oxygens (including phenoxy) is 1. The van der Waals surface area contributed by atoms with E-state index in [0.29, 0.717) is 32.2 Å². The van der Waals surface area contributed by atoms with Gasteiger partial charge in [0, 0.05) is 50.0 Å². The summed E-state index contributed by atoms with van der Waals surface area (Å²) in [5.74, 6) is 2.01. The fourth-order valence-corrected chi connectivity index (χ4v) is 3.70. The number of rotatable bonds is 4. The SMILES string of the molecule is O=C(C1CCOCC1)N1C[C@@H](CF)[C@H](c2nc(C3CC3)n[nH]2)C1. The molecule has 2 aliphatic heterocycles. The molecule has 1 aromatic rings. The van der Waals surface area contributed by atoms with Crippen LogP contribution in [0.15, 0.2) is 0 Å². The van der Waals surface area contributed by atoms with E-state index in [0.717, 1.165) is 37.3 Å². The largest absolute Gasteiger partial charge is 0.381 e. The number of alkyl halides is 1. The lowest BCUT2D eigenvalue weighted by atomic mass is 9.97. The molecule has 1 N–H and O–H groups in total. The van der Waals surface area contributed by atoms with Gasteiger partial charge in [0.25, 0.3) is 0 Å². The molecule has 0 radical (unpaired) electrons. The fraction of sp³-hybridized carbons (Fsp3) is 0.812. The summed E-state index contributed by atoms with van der Waals surface area (Å²) in [6.07, 6.45) is 3.83. The van der Waals surface area contributed by atoms with Crippen molar-refractivity contribution in [2.24, 2.45) is 11.8 Å². The molecule has 3 heterocycles. The van der Waals surface area contributed by atoms with E-state index in [-0.39, 0.29) is 23.7 Å². The molecule has 1 saturated carbocycles. The maximum atomic E-state index is 13.5. The average Bonchev–Trinajstić information content (AvgIpc) is 3.17. The Kier molecular flexibility index (Phi) is 4.05. The molecular formula is C16H23FN4O2. The van der Waals surface area contributed by atoms with E-state index >= 15 is 0 Å². The highest BCUT2D eigenvalue weighted by Gasteiger charge is 2.40. The molecule has 0 unspecified atom stereocenters. The van der Waals surface area contributed by atoms with E-state index in [2.05, 4.69) is 15.2 Å². The Hall–Kier alpha value is -1.50. The maximum absolute atomic E-state index is 13.5. The van der Waals surface area contributed by atoms with Gasteiger partial charge in [0.2, 0.25) is 5.91 Å². The summed E-state index contributed by atoms with van der Waals surface area (Å²) >= 11 is 0. The van der Waals surface area contributed by atoms with Crippen LogP contribution < -0.4 is 0 Å². The maximum Gasteiger partial charge on any atom is 0.225 e. The van der Waals surface area contributed by atoms with Crippen LogP contribution in [0, 0.1) is 11.8 Å². The third kappa shape index (κ3) is 2.98. The van der Waals surface area contributed by atoms with Gasteiger partial charge in [-0.3, -0.25) is 14.3 Å². The standard InChI is InChI=1S/C16H23FN4O2/c17-7-12-8-21(16(22)11-3-5-23-6-4-11)9-13(12)15-18-14(19-20-15)10-1-2-10/h10-13H,1-9H2,(H,18,19,20)/t12-,13-/m1/s1. The lowest BCUT2D eigenvalue weighted by Crippen LogP contribution is -2.37. The molecule has 4 rings (SSSR count). The van der Waals surface area contributed by atoms with Gasteiger partial charge in [0.15, 0.2) is 5.82 Å². The lowest BCUT2D eigenvalue weighted by molar-refractivity contribution is -0.137. The van der Waals surface area contributed by atoms with E-state index in [1.807, 2.05) is 4.90 Å². The van der Waals surface area contributed by atoms with Crippen LogP contribution in [0.3, 0.4) is 0 Å². The number of aromatic nitrogens is 3. The molecule has 126 valence electrons. The van der Waals surface area contributed by atoms with Crippen LogP contribution in [-0.4, -0.2) is 59.0 Å². The number of aromatic amines is 1. The second-order valence-electron chi connectivity index (χ2n) is 7.00. The number of likely N-dealkylation sites (tertiary alicyclic amines) is 1. The van der Waals surface area contributed by atoms with Crippen molar-refractivity contribution in [1.29, 1.82) is 0 Å². The van der Waals surface area contributed by atoms with Gasteiger partial charge in [0.1, 0.15) is 5.82 Å². The van der Waals surface area contributed by atoms with Gasteiger partial charge in [-0.25, -0.2) is 4.98 Å². The van der Waals surface area contributed by atoms with Crippen molar-refractivity contribution in [3.05, 3.63) is 11.6 Å². The Morgan fingerprint density at radius 3 is 2.74 bits per heavy atom. The van der Waals surface area contributed by atoms with Gasteiger partial charge >= 0.3 is 0 Å². The first-order valence-electron chi connectivity index (χ1n) is 8.61. The highest BCUT2D eigenvalue weighted by Crippen LogP contribution is 2.39. The highest BCUT2D eigenvalue weighted by molar-refractivity contribution is 5.79. The summed E-state index contributed by atoms with van der Waals surface area (Å²) in [7, 11) is 0. The van der Waals surface area contributed by atoms with Gasteiger partial charge in [-0.1, -0.05) is 0 Å². The minimum absolute atomic E-state index is 0.0273. The normalized spacial score (nSPS) is 29.2. The zero-order chi connectivity index (χ0) is 15.8. The first-order valence-corrected chi connectivity index (χ1v) is 8.61. The first-order chi connectivity index (χ1) is 11.3. The number of nitrogens with zero attached hydrogens (tertiary/aromatic N) is 3. The van der Waals surface area contributed by atoms with Crippen LogP contribution in [0.1, 0.15) is 49.2 Å². The van der Waals surface area contributed by atoms with Crippen LogP contribution in [0.25, 0.3) is 0 Å². The highest BCUT2D eigenvalue weighted by atomic mass is 19.1. The number of hydrogen-bond donors (Lipinski definition) is 1. The van der Waals surface area contributed by atoms with Crippen molar-refractivity contribution in [2.45, 2.75) is 37.5 Å². The summed E-state index contributed by atoms with van der Waals surface area (Å²) in [5.41, 5.74) is 0. The van der Waals surface area contributed by atoms with E-state index in [9.17, 15) is 9.18 Å². The molecule has 1 amide bonds. The molecule has 3 aliphatic rings. The summed E-state index contributed by atoms with van der Waals surface area (Å²) in [4.78, 5) is 19.1. The van der Waals surface area contributed by atoms with Crippen LogP contribution in [0.5, 0.6) is 0 Å². The van der Waals surface area contributed by atoms with Gasteiger partial charge < -0.3 is 9.64 Å². The fourth-order valence-electron chi connectivity index (χ4n) is 3.70. The van der Waals surface area contributed by atoms with Gasteiger partial charge in [-0.15, -0.1) is 0 Å². The summed E-state index contributed by atoms with van der Waals surface area (Å²) in [6, 6.07) is 0. The second kappa shape index (κ2) is 6.19. The topological polar surface area (TPSA) is 71.1 Å². The van der Waals surface area contributed by atoms with Crippen molar-refractivity contribution in [2.75, 3.05) is 33.0 Å². The van der Waals surface area contributed by atoms with E-state index in [4.69, 9.17) is 4.74 Å². The number of carbonyl (C=O) groups is 1. The number of H-pyrrole nitrogens is 1. The number of carbonyl (C=O) groups excluding carboxylic acids is 1. The van der Waals surface area contributed by atoms with Crippen LogP contribution in [0.4, 0.5) is 4.39 Å². The van der Waals surface area contributed by atoms with Gasteiger partial charge in [-0.2, -0.15) is 5.10 Å². The Morgan fingerprint density at radius 2 is 2.04 bits per heavy atom.